The Morgan fingerprint density at radius 1 is 1.33 bits per heavy atom. The van der Waals surface area contributed by atoms with Crippen molar-refractivity contribution in [3.05, 3.63) is 44.7 Å². The third-order valence-electron chi connectivity index (χ3n) is 2.55. The molecule has 1 heterocycles. The highest BCUT2D eigenvalue weighted by atomic mass is 35.5. The lowest BCUT2D eigenvalue weighted by atomic mass is 10.0. The topological polar surface area (TPSA) is 104 Å². The van der Waals surface area contributed by atoms with Gasteiger partial charge in [-0.1, -0.05) is 6.07 Å². The van der Waals surface area contributed by atoms with Gasteiger partial charge in [0.25, 0.3) is 0 Å². The summed E-state index contributed by atoms with van der Waals surface area (Å²) in [4.78, 5) is 24.8. The van der Waals surface area contributed by atoms with Crippen LogP contribution in [0.25, 0.3) is 10.9 Å². The Morgan fingerprint density at radius 2 is 2.06 bits per heavy atom. The van der Waals surface area contributed by atoms with Gasteiger partial charge in [0, 0.05) is 0 Å². The number of hydrogen-bond acceptors (Lipinski definition) is 5. The largest absolute Gasteiger partial charge is 0.419 e. The Kier molecular flexibility index (Phi) is 3.51. The van der Waals surface area contributed by atoms with Gasteiger partial charge in [-0.25, -0.2) is 9.59 Å². The number of nitrogens with one attached hydrogen (secondary N) is 1. The van der Waals surface area contributed by atoms with Gasteiger partial charge in [0.15, 0.2) is 0 Å². The molecule has 2 rings (SSSR count). The molecule has 2 unspecified atom stereocenters. The Bertz CT molecular complexity index is 677. The van der Waals surface area contributed by atoms with Crippen molar-refractivity contribution >= 4 is 22.5 Å². The highest BCUT2D eigenvalue weighted by Gasteiger charge is 2.18. The first-order valence-electron chi connectivity index (χ1n) is 5.12. The minimum atomic E-state index is -1.21. The molecule has 0 bridgehead atoms. The molecular formula is C11H10ClNO5. The molecule has 1 aromatic heterocycles. The highest BCUT2D eigenvalue weighted by Crippen LogP contribution is 2.20. The third kappa shape index (κ3) is 2.31. The number of aliphatic hydroxyl groups excluding tert-OH is 2. The molecule has 0 aliphatic rings. The quantitative estimate of drug-likeness (QED) is 0.688. The highest BCUT2D eigenvalue weighted by molar-refractivity contribution is 6.18. The van der Waals surface area contributed by atoms with Crippen molar-refractivity contribution in [1.82, 2.24) is 4.98 Å². The van der Waals surface area contributed by atoms with Gasteiger partial charge >= 0.3 is 11.4 Å². The summed E-state index contributed by atoms with van der Waals surface area (Å²) in [5, 5.41) is 19.3. The van der Waals surface area contributed by atoms with Gasteiger partial charge in [-0.05, 0) is 17.7 Å². The fourth-order valence-corrected chi connectivity index (χ4v) is 1.77. The Morgan fingerprint density at radius 3 is 2.72 bits per heavy atom. The summed E-state index contributed by atoms with van der Waals surface area (Å²) in [7, 11) is 0. The number of fused-ring (bicyclic) bond motifs is 1. The zero-order valence-corrected chi connectivity index (χ0v) is 9.85. The van der Waals surface area contributed by atoms with E-state index in [9.17, 15) is 19.8 Å². The fourth-order valence-electron chi connectivity index (χ4n) is 1.60. The van der Waals surface area contributed by atoms with Gasteiger partial charge in [0.05, 0.1) is 22.9 Å². The first kappa shape index (κ1) is 12.8. The maximum atomic E-state index is 11.5. The van der Waals surface area contributed by atoms with E-state index in [-0.39, 0.29) is 11.3 Å². The maximum Gasteiger partial charge on any atom is 0.419 e. The van der Waals surface area contributed by atoms with E-state index in [0.29, 0.717) is 11.1 Å². The lowest BCUT2D eigenvalue weighted by molar-refractivity contribution is 0.0328. The van der Waals surface area contributed by atoms with Crippen LogP contribution in [0.3, 0.4) is 0 Å². The van der Waals surface area contributed by atoms with Crippen molar-refractivity contribution in [2.75, 3.05) is 5.88 Å². The summed E-state index contributed by atoms with van der Waals surface area (Å²) >= 11 is 5.43. The first-order valence-corrected chi connectivity index (χ1v) is 5.65. The number of benzene rings is 1. The van der Waals surface area contributed by atoms with Gasteiger partial charge in [-0.3, -0.25) is 4.98 Å². The lowest BCUT2D eigenvalue weighted by Gasteiger charge is -2.15. The molecule has 18 heavy (non-hydrogen) atoms. The second kappa shape index (κ2) is 4.93. The molecule has 0 saturated heterocycles. The van der Waals surface area contributed by atoms with Crippen LogP contribution >= 0.6 is 11.6 Å². The van der Waals surface area contributed by atoms with E-state index in [4.69, 9.17) is 11.6 Å². The zero-order chi connectivity index (χ0) is 13.3. The molecule has 3 N–H and O–H groups in total. The summed E-state index contributed by atoms with van der Waals surface area (Å²) in [5.41, 5.74) is -0.189. The number of aliphatic hydroxyl groups is 2. The molecule has 7 heteroatoms. The number of hydrogen-bond donors (Lipinski definition) is 3. The molecule has 0 aliphatic carbocycles. The average molecular weight is 272 g/mol. The summed E-state index contributed by atoms with van der Waals surface area (Å²) in [6.45, 7) is 0. The molecule has 0 saturated carbocycles. The number of aromatic amines is 1. The van der Waals surface area contributed by atoms with Crippen LogP contribution in [0.4, 0.5) is 0 Å². The van der Waals surface area contributed by atoms with E-state index in [2.05, 4.69) is 9.40 Å². The number of rotatable bonds is 3. The van der Waals surface area contributed by atoms with Crippen molar-refractivity contribution < 1.29 is 14.6 Å². The molecule has 0 spiro atoms. The molecule has 6 nitrogen and oxygen atoms in total. The van der Waals surface area contributed by atoms with E-state index < -0.39 is 23.6 Å². The van der Waals surface area contributed by atoms with Crippen molar-refractivity contribution in [2.45, 2.75) is 12.2 Å². The number of H-pyrrole nitrogens is 1. The molecule has 0 radical (unpaired) electrons. The molecule has 96 valence electrons. The summed E-state index contributed by atoms with van der Waals surface area (Å²) in [5.74, 6) is -0.985. The van der Waals surface area contributed by atoms with Crippen LogP contribution in [0.15, 0.2) is 32.2 Å². The van der Waals surface area contributed by atoms with Crippen LogP contribution in [0.5, 0.6) is 0 Å². The Balaban J connectivity index is 2.57. The van der Waals surface area contributed by atoms with E-state index in [1.54, 1.807) is 0 Å². The zero-order valence-electron chi connectivity index (χ0n) is 9.09. The molecule has 2 aromatic rings. The summed E-state index contributed by atoms with van der Waals surface area (Å²) < 4.78 is 4.38. The molecular weight excluding hydrogens is 262 g/mol. The normalized spacial score (nSPS) is 14.6. The summed E-state index contributed by atoms with van der Waals surface area (Å²) in [6, 6.07) is 4.28. The third-order valence-corrected chi connectivity index (χ3v) is 2.87. The van der Waals surface area contributed by atoms with Gasteiger partial charge < -0.3 is 14.6 Å². The Hall–Kier alpha value is -1.63. The van der Waals surface area contributed by atoms with E-state index in [1.165, 1.54) is 18.2 Å². The van der Waals surface area contributed by atoms with E-state index in [1.807, 2.05) is 0 Å². The monoisotopic (exact) mass is 271 g/mol. The number of aromatic nitrogens is 1. The van der Waals surface area contributed by atoms with Crippen LogP contribution in [0, 0.1) is 0 Å². The van der Waals surface area contributed by atoms with Crippen molar-refractivity contribution in [2.24, 2.45) is 0 Å². The van der Waals surface area contributed by atoms with Crippen molar-refractivity contribution in [1.29, 1.82) is 0 Å². The maximum absolute atomic E-state index is 11.5. The fraction of sp³-hybridized carbons (Fsp3) is 0.273. The van der Waals surface area contributed by atoms with Crippen molar-refractivity contribution in [3.63, 3.8) is 0 Å². The van der Waals surface area contributed by atoms with Crippen LogP contribution in [-0.2, 0) is 0 Å². The number of halogens is 1. The Labute approximate surface area is 105 Å². The molecule has 1 aromatic carbocycles. The van der Waals surface area contributed by atoms with Crippen LogP contribution in [-0.4, -0.2) is 27.2 Å². The number of alkyl halides is 1. The minimum absolute atomic E-state index is 0.118. The van der Waals surface area contributed by atoms with Crippen LogP contribution in [0.1, 0.15) is 11.7 Å². The predicted octanol–water partition coefficient (Wildman–Crippen LogP) is 0.114. The molecule has 2 atom stereocenters. The minimum Gasteiger partial charge on any atom is -0.389 e. The SMILES string of the molecule is O=c1[nH]c2ccc(C(O)C(O)CCl)cc2c(=O)o1. The van der Waals surface area contributed by atoms with Gasteiger partial charge in [-0.2, -0.15) is 0 Å². The van der Waals surface area contributed by atoms with Crippen LogP contribution < -0.4 is 11.4 Å². The predicted molar refractivity (Wildman–Crippen MR) is 64.8 cm³/mol. The van der Waals surface area contributed by atoms with Crippen LogP contribution in [0.2, 0.25) is 0 Å². The van der Waals surface area contributed by atoms with E-state index in [0.717, 1.165) is 0 Å². The lowest BCUT2D eigenvalue weighted by Crippen LogP contribution is -2.20. The van der Waals surface area contributed by atoms with Crippen molar-refractivity contribution in [3.8, 4) is 0 Å². The van der Waals surface area contributed by atoms with Gasteiger partial charge in [0.1, 0.15) is 6.10 Å². The molecule has 0 fully saturated rings. The van der Waals surface area contributed by atoms with Gasteiger partial charge in [0.2, 0.25) is 0 Å². The average Bonchev–Trinajstić information content (AvgIpc) is 2.36. The van der Waals surface area contributed by atoms with Gasteiger partial charge in [-0.15, -0.1) is 11.6 Å². The standard InChI is InChI=1S/C11H10ClNO5/c12-4-8(14)9(15)5-1-2-7-6(3-5)10(16)18-11(17)13-7/h1-3,8-9,14-15H,4H2,(H,13,17). The molecule has 0 amide bonds. The van der Waals surface area contributed by atoms with E-state index >= 15 is 0 Å². The summed E-state index contributed by atoms with van der Waals surface area (Å²) in [6.07, 6.45) is -2.35. The second-order valence-corrected chi connectivity index (χ2v) is 4.08. The molecule has 0 aliphatic heterocycles. The first-order chi connectivity index (χ1) is 8.52. The smallest absolute Gasteiger partial charge is 0.389 e. The second-order valence-electron chi connectivity index (χ2n) is 3.77.